The lowest BCUT2D eigenvalue weighted by Crippen LogP contribution is -2.50. The zero-order chi connectivity index (χ0) is 24.3. The lowest BCUT2D eigenvalue weighted by molar-refractivity contribution is -0.0110. The number of anilines is 5. The third-order valence-corrected chi connectivity index (χ3v) is 6.99. The molecule has 2 aliphatic rings. The fraction of sp³-hybridized carbons (Fsp3) is 0.407. The van der Waals surface area contributed by atoms with Gasteiger partial charge in [-0.25, -0.2) is 9.37 Å². The molecule has 8 heteroatoms. The maximum absolute atomic E-state index is 13.5. The summed E-state index contributed by atoms with van der Waals surface area (Å²) in [4.78, 5) is 13.6. The van der Waals surface area contributed by atoms with Crippen LogP contribution >= 0.6 is 0 Å². The Hall–Kier alpha value is -3.23. The van der Waals surface area contributed by atoms with Crippen molar-refractivity contribution in [2.45, 2.75) is 38.2 Å². The first kappa shape index (κ1) is 23.5. The number of hydrogen-bond donors (Lipinski definition) is 3. The summed E-state index contributed by atoms with van der Waals surface area (Å²) in [6.45, 7) is 6.49. The van der Waals surface area contributed by atoms with Gasteiger partial charge < -0.3 is 25.5 Å². The number of β-amino-alcohol motifs (C(OH)–C–C–N with tert-alkyl or cyclic N) is 1. The van der Waals surface area contributed by atoms with Gasteiger partial charge in [-0.1, -0.05) is 0 Å². The summed E-state index contributed by atoms with van der Waals surface area (Å²) >= 11 is 0. The van der Waals surface area contributed by atoms with E-state index in [-0.39, 0.29) is 5.82 Å². The van der Waals surface area contributed by atoms with E-state index in [2.05, 4.69) is 42.5 Å². The number of piperidine rings is 1. The Bertz CT molecular complexity index is 1140. The lowest BCUT2D eigenvalue weighted by Gasteiger charge is -2.41. The number of likely N-dealkylation sites (tertiary alicyclic amines) is 1. The van der Waals surface area contributed by atoms with Crippen molar-refractivity contribution >= 4 is 28.8 Å². The molecule has 0 unspecified atom stereocenters. The van der Waals surface area contributed by atoms with E-state index in [1.54, 1.807) is 31.3 Å². The van der Waals surface area contributed by atoms with Crippen LogP contribution in [-0.2, 0) is 0 Å². The zero-order valence-electron chi connectivity index (χ0n) is 20.2. The molecule has 5 rings (SSSR count). The minimum absolute atomic E-state index is 0.230. The van der Waals surface area contributed by atoms with Gasteiger partial charge in [-0.3, -0.25) is 0 Å². The van der Waals surface area contributed by atoms with Gasteiger partial charge >= 0.3 is 0 Å². The minimum atomic E-state index is -0.564. The molecule has 184 valence electrons. The van der Waals surface area contributed by atoms with Crippen LogP contribution in [0, 0.1) is 12.7 Å². The SMILES string of the molecule is Cc1cc(Nc2ccnc(Nc3ccc(N4CCC(O)(CN5CCCC5)CC4)cc3)n2)ccc1F. The van der Waals surface area contributed by atoms with Crippen LogP contribution in [0.1, 0.15) is 31.2 Å². The Kier molecular flexibility index (Phi) is 6.83. The largest absolute Gasteiger partial charge is 0.388 e. The molecular formula is C27H33FN6O. The van der Waals surface area contributed by atoms with Crippen molar-refractivity contribution in [2.75, 3.05) is 48.3 Å². The van der Waals surface area contributed by atoms with Crippen molar-refractivity contribution in [3.8, 4) is 0 Å². The van der Waals surface area contributed by atoms with Crippen molar-refractivity contribution in [3.63, 3.8) is 0 Å². The van der Waals surface area contributed by atoms with Crippen LogP contribution in [0.2, 0.25) is 0 Å². The summed E-state index contributed by atoms with van der Waals surface area (Å²) < 4.78 is 13.5. The van der Waals surface area contributed by atoms with Gasteiger partial charge in [0, 0.05) is 42.9 Å². The van der Waals surface area contributed by atoms with Crippen molar-refractivity contribution in [2.24, 2.45) is 0 Å². The van der Waals surface area contributed by atoms with E-state index < -0.39 is 5.60 Å². The van der Waals surface area contributed by atoms with E-state index in [0.717, 1.165) is 62.6 Å². The molecule has 0 saturated carbocycles. The molecule has 3 heterocycles. The van der Waals surface area contributed by atoms with Crippen LogP contribution in [0.25, 0.3) is 0 Å². The van der Waals surface area contributed by atoms with E-state index in [1.165, 1.54) is 18.9 Å². The number of nitrogens with one attached hydrogen (secondary N) is 2. The van der Waals surface area contributed by atoms with Crippen LogP contribution in [0.3, 0.4) is 0 Å². The molecular weight excluding hydrogens is 443 g/mol. The van der Waals surface area contributed by atoms with Crippen molar-refractivity contribution < 1.29 is 9.50 Å². The van der Waals surface area contributed by atoms with Crippen molar-refractivity contribution in [1.29, 1.82) is 0 Å². The summed E-state index contributed by atoms with van der Waals surface area (Å²) in [5.41, 5.74) is 2.83. The number of aryl methyl sites for hydroxylation is 1. The summed E-state index contributed by atoms with van der Waals surface area (Å²) in [6, 6.07) is 14.9. The van der Waals surface area contributed by atoms with Gasteiger partial charge in [-0.2, -0.15) is 4.98 Å². The normalized spacial score (nSPS) is 18.0. The smallest absolute Gasteiger partial charge is 0.229 e. The zero-order valence-corrected chi connectivity index (χ0v) is 20.2. The van der Waals surface area contributed by atoms with Gasteiger partial charge in [0.15, 0.2) is 0 Å². The molecule has 0 radical (unpaired) electrons. The molecule has 35 heavy (non-hydrogen) atoms. The van der Waals surface area contributed by atoms with Crippen molar-refractivity contribution in [1.82, 2.24) is 14.9 Å². The monoisotopic (exact) mass is 476 g/mol. The van der Waals surface area contributed by atoms with Crippen LogP contribution in [0.15, 0.2) is 54.7 Å². The molecule has 3 aromatic rings. The molecule has 0 bridgehead atoms. The number of rotatable bonds is 7. The first-order valence-electron chi connectivity index (χ1n) is 12.4. The highest BCUT2D eigenvalue weighted by Crippen LogP contribution is 2.29. The molecule has 2 aliphatic heterocycles. The number of aromatic nitrogens is 2. The van der Waals surface area contributed by atoms with Crippen LogP contribution in [0.5, 0.6) is 0 Å². The predicted molar refractivity (Wildman–Crippen MR) is 138 cm³/mol. The highest BCUT2D eigenvalue weighted by atomic mass is 19.1. The predicted octanol–water partition coefficient (Wildman–Crippen LogP) is 4.84. The maximum atomic E-state index is 13.5. The number of aliphatic hydroxyl groups is 1. The molecule has 0 amide bonds. The summed E-state index contributed by atoms with van der Waals surface area (Å²) in [5.74, 6) is 0.873. The minimum Gasteiger partial charge on any atom is -0.388 e. The molecule has 2 fully saturated rings. The second-order valence-electron chi connectivity index (χ2n) is 9.72. The molecule has 0 spiro atoms. The van der Waals surface area contributed by atoms with Crippen LogP contribution < -0.4 is 15.5 Å². The first-order valence-corrected chi connectivity index (χ1v) is 12.4. The van der Waals surface area contributed by atoms with Gasteiger partial charge in [-0.05, 0) is 99.8 Å². The summed E-state index contributed by atoms with van der Waals surface area (Å²) in [6.07, 6.45) is 5.78. The summed E-state index contributed by atoms with van der Waals surface area (Å²) in [5, 5.41) is 17.5. The topological polar surface area (TPSA) is 76.6 Å². The standard InChI is InChI=1S/C27H33FN6O/c1-20-18-22(6-9-24(20)28)30-25-10-13-29-26(32-25)31-21-4-7-23(8-5-21)34-16-11-27(35,12-17-34)19-33-14-2-3-15-33/h4-10,13,18,35H,2-3,11-12,14-17,19H2,1H3,(H2,29,30,31,32). The molecule has 1 aromatic heterocycles. The van der Waals surface area contributed by atoms with Gasteiger partial charge in [0.25, 0.3) is 0 Å². The van der Waals surface area contributed by atoms with Gasteiger partial charge in [0.05, 0.1) is 5.60 Å². The molecule has 2 aromatic carbocycles. The van der Waals surface area contributed by atoms with E-state index in [4.69, 9.17) is 0 Å². The Morgan fingerprint density at radius 1 is 0.943 bits per heavy atom. The third kappa shape index (κ3) is 5.89. The summed E-state index contributed by atoms with van der Waals surface area (Å²) in [7, 11) is 0. The average Bonchev–Trinajstić information content (AvgIpc) is 3.35. The van der Waals surface area contributed by atoms with E-state index in [1.807, 2.05) is 12.1 Å². The lowest BCUT2D eigenvalue weighted by atomic mass is 9.90. The van der Waals surface area contributed by atoms with Crippen LogP contribution in [0.4, 0.5) is 33.2 Å². The molecule has 0 atom stereocenters. The quantitative estimate of drug-likeness (QED) is 0.451. The Morgan fingerprint density at radius 2 is 1.66 bits per heavy atom. The highest BCUT2D eigenvalue weighted by molar-refractivity contribution is 5.62. The Labute approximate surface area is 206 Å². The number of benzene rings is 2. The fourth-order valence-electron chi connectivity index (χ4n) is 4.94. The van der Waals surface area contributed by atoms with E-state index >= 15 is 0 Å². The maximum Gasteiger partial charge on any atom is 0.229 e. The molecule has 7 nitrogen and oxygen atoms in total. The van der Waals surface area contributed by atoms with Crippen molar-refractivity contribution in [3.05, 3.63) is 66.1 Å². The first-order chi connectivity index (χ1) is 17.0. The molecule has 2 saturated heterocycles. The third-order valence-electron chi connectivity index (χ3n) is 6.99. The number of hydrogen-bond acceptors (Lipinski definition) is 7. The van der Waals surface area contributed by atoms with Crippen LogP contribution in [-0.4, -0.2) is 58.3 Å². The van der Waals surface area contributed by atoms with Gasteiger partial charge in [-0.15, -0.1) is 0 Å². The van der Waals surface area contributed by atoms with Gasteiger partial charge in [0.2, 0.25) is 5.95 Å². The Morgan fingerprint density at radius 3 is 2.37 bits per heavy atom. The second-order valence-corrected chi connectivity index (χ2v) is 9.72. The average molecular weight is 477 g/mol. The highest BCUT2D eigenvalue weighted by Gasteiger charge is 2.34. The number of halogens is 1. The molecule has 3 N–H and O–H groups in total. The molecule has 0 aliphatic carbocycles. The Balaban J connectivity index is 1.17. The van der Waals surface area contributed by atoms with Gasteiger partial charge in [0.1, 0.15) is 11.6 Å². The fourth-order valence-corrected chi connectivity index (χ4v) is 4.94. The number of nitrogens with zero attached hydrogens (tertiary/aromatic N) is 4. The van der Waals surface area contributed by atoms with E-state index in [9.17, 15) is 9.50 Å². The second kappa shape index (κ2) is 10.2. The van der Waals surface area contributed by atoms with E-state index in [0.29, 0.717) is 17.3 Å².